The van der Waals surface area contributed by atoms with Crippen LogP contribution in [0, 0.1) is 0 Å². The van der Waals surface area contributed by atoms with Gasteiger partial charge in [0.1, 0.15) is 6.04 Å². The van der Waals surface area contributed by atoms with Crippen molar-refractivity contribution in [2.24, 2.45) is 0 Å². The Balaban J connectivity index is 2.01. The minimum absolute atomic E-state index is 0.0410. The van der Waals surface area contributed by atoms with Gasteiger partial charge in [0.15, 0.2) is 5.78 Å². The van der Waals surface area contributed by atoms with Crippen molar-refractivity contribution in [1.29, 1.82) is 0 Å². The maximum atomic E-state index is 11.7. The lowest BCUT2D eigenvalue weighted by Crippen LogP contribution is -2.40. The average molecular weight is 204 g/mol. The van der Waals surface area contributed by atoms with Gasteiger partial charge in [0.25, 0.3) is 5.91 Å². The van der Waals surface area contributed by atoms with Gasteiger partial charge in [-0.05, 0) is 12.1 Å². The Labute approximate surface area is 87.7 Å². The van der Waals surface area contributed by atoms with Gasteiger partial charge in [-0.3, -0.25) is 9.59 Å². The Morgan fingerprint density at radius 3 is 2.67 bits per heavy atom. The van der Waals surface area contributed by atoms with E-state index in [1.807, 2.05) is 6.07 Å². The second-order valence-electron chi connectivity index (χ2n) is 3.49. The molecule has 1 heterocycles. The van der Waals surface area contributed by atoms with Gasteiger partial charge in [-0.15, -0.1) is 0 Å². The number of amides is 1. The molecule has 4 heteroatoms. The molecule has 1 aromatic rings. The van der Waals surface area contributed by atoms with E-state index in [4.69, 9.17) is 0 Å². The molecule has 1 amide bonds. The van der Waals surface area contributed by atoms with Crippen molar-refractivity contribution in [1.82, 2.24) is 10.6 Å². The molecule has 1 fully saturated rings. The van der Waals surface area contributed by atoms with Crippen molar-refractivity contribution in [2.75, 3.05) is 13.1 Å². The molecular formula is C11H12N2O2. The first-order chi connectivity index (χ1) is 7.27. The number of nitrogens with one attached hydrogen (secondary N) is 2. The molecule has 1 atom stereocenters. The zero-order valence-electron chi connectivity index (χ0n) is 8.19. The second kappa shape index (κ2) is 4.23. The fraction of sp³-hybridized carbons (Fsp3) is 0.273. The van der Waals surface area contributed by atoms with E-state index in [-0.39, 0.29) is 17.7 Å². The number of hydrogen-bond acceptors (Lipinski definition) is 3. The first-order valence-corrected chi connectivity index (χ1v) is 4.87. The zero-order chi connectivity index (χ0) is 10.7. The Hall–Kier alpha value is -1.68. The van der Waals surface area contributed by atoms with E-state index in [2.05, 4.69) is 10.6 Å². The number of carbonyl (C=O) groups excluding carboxylic acids is 2. The molecule has 1 unspecified atom stereocenters. The van der Waals surface area contributed by atoms with Gasteiger partial charge in [-0.1, -0.05) is 18.2 Å². The lowest BCUT2D eigenvalue weighted by atomic mass is 10.2. The van der Waals surface area contributed by atoms with Crippen molar-refractivity contribution in [3.63, 3.8) is 0 Å². The summed E-state index contributed by atoms with van der Waals surface area (Å²) in [5.74, 6) is -0.156. The molecule has 0 saturated carbocycles. The summed E-state index contributed by atoms with van der Waals surface area (Å²) in [5.41, 5.74) is 0.581. The van der Waals surface area contributed by atoms with E-state index < -0.39 is 0 Å². The van der Waals surface area contributed by atoms with E-state index in [1.165, 1.54) is 0 Å². The highest BCUT2D eigenvalue weighted by Crippen LogP contribution is 2.00. The molecule has 2 rings (SSSR count). The third-order valence-electron chi connectivity index (χ3n) is 2.38. The number of benzene rings is 1. The molecule has 2 N–H and O–H groups in total. The zero-order valence-corrected chi connectivity index (χ0v) is 8.19. The van der Waals surface area contributed by atoms with E-state index >= 15 is 0 Å². The standard InChI is InChI=1S/C11H12N2O2/c14-10-7-12-6-9(10)13-11(15)8-4-2-1-3-5-8/h1-5,9,12H,6-7H2,(H,13,15). The van der Waals surface area contributed by atoms with Crippen LogP contribution < -0.4 is 10.6 Å². The topological polar surface area (TPSA) is 58.2 Å². The summed E-state index contributed by atoms with van der Waals surface area (Å²) < 4.78 is 0. The Morgan fingerprint density at radius 1 is 1.33 bits per heavy atom. The highest BCUT2D eigenvalue weighted by Gasteiger charge is 2.25. The van der Waals surface area contributed by atoms with Crippen molar-refractivity contribution in [2.45, 2.75) is 6.04 Å². The number of rotatable bonds is 2. The normalized spacial score (nSPS) is 20.3. The SMILES string of the molecule is O=C(NC1CNCC1=O)c1ccccc1. The average Bonchev–Trinajstić information content (AvgIpc) is 2.66. The highest BCUT2D eigenvalue weighted by atomic mass is 16.2. The molecule has 15 heavy (non-hydrogen) atoms. The fourth-order valence-corrected chi connectivity index (χ4v) is 1.54. The monoisotopic (exact) mass is 204 g/mol. The summed E-state index contributed by atoms with van der Waals surface area (Å²) >= 11 is 0. The van der Waals surface area contributed by atoms with Crippen LogP contribution >= 0.6 is 0 Å². The first kappa shape index (κ1) is 9.86. The lowest BCUT2D eigenvalue weighted by Gasteiger charge is -2.09. The van der Waals surface area contributed by atoms with Crippen molar-refractivity contribution in [3.8, 4) is 0 Å². The van der Waals surface area contributed by atoms with Crippen LogP contribution in [-0.2, 0) is 4.79 Å². The van der Waals surface area contributed by atoms with Crippen LogP contribution in [0.25, 0.3) is 0 Å². The molecule has 0 spiro atoms. The van der Waals surface area contributed by atoms with Crippen LogP contribution in [0.2, 0.25) is 0 Å². The van der Waals surface area contributed by atoms with Gasteiger partial charge in [0, 0.05) is 12.1 Å². The third-order valence-corrected chi connectivity index (χ3v) is 2.38. The molecule has 1 aliphatic rings. The molecule has 4 nitrogen and oxygen atoms in total. The van der Waals surface area contributed by atoms with E-state index in [1.54, 1.807) is 24.3 Å². The molecule has 1 saturated heterocycles. The molecular weight excluding hydrogens is 192 g/mol. The quantitative estimate of drug-likeness (QED) is 0.710. The molecule has 0 bridgehead atoms. The summed E-state index contributed by atoms with van der Waals surface area (Å²) in [6.45, 7) is 0.872. The van der Waals surface area contributed by atoms with E-state index in [9.17, 15) is 9.59 Å². The highest BCUT2D eigenvalue weighted by molar-refractivity contribution is 5.99. The predicted molar refractivity (Wildman–Crippen MR) is 55.6 cm³/mol. The maximum absolute atomic E-state index is 11.7. The summed E-state index contributed by atoms with van der Waals surface area (Å²) in [6.07, 6.45) is 0. The largest absolute Gasteiger partial charge is 0.341 e. The lowest BCUT2D eigenvalue weighted by molar-refractivity contribution is -0.117. The van der Waals surface area contributed by atoms with Crippen molar-refractivity contribution in [3.05, 3.63) is 35.9 Å². The Bertz CT molecular complexity index is 375. The van der Waals surface area contributed by atoms with Crippen LogP contribution in [0.5, 0.6) is 0 Å². The van der Waals surface area contributed by atoms with Gasteiger partial charge in [0.2, 0.25) is 0 Å². The van der Waals surface area contributed by atoms with Crippen LogP contribution in [0.4, 0.5) is 0 Å². The van der Waals surface area contributed by atoms with Gasteiger partial charge in [0.05, 0.1) is 6.54 Å². The number of Topliss-reactive ketones (excluding diaryl/α,β-unsaturated/α-hetero) is 1. The minimum Gasteiger partial charge on any atom is -0.341 e. The maximum Gasteiger partial charge on any atom is 0.251 e. The summed E-state index contributed by atoms with van der Waals surface area (Å²) in [4.78, 5) is 22.9. The van der Waals surface area contributed by atoms with Gasteiger partial charge >= 0.3 is 0 Å². The predicted octanol–water partition coefficient (Wildman–Crippen LogP) is -0.0427. The summed E-state index contributed by atoms with van der Waals surface area (Å²) in [6, 6.07) is 8.51. The Morgan fingerprint density at radius 2 is 2.07 bits per heavy atom. The molecule has 1 aromatic carbocycles. The third kappa shape index (κ3) is 2.22. The van der Waals surface area contributed by atoms with E-state index in [0.717, 1.165) is 0 Å². The number of ketones is 1. The Kier molecular flexibility index (Phi) is 2.78. The van der Waals surface area contributed by atoms with Crippen molar-refractivity contribution >= 4 is 11.7 Å². The van der Waals surface area contributed by atoms with Crippen LogP contribution in [0.15, 0.2) is 30.3 Å². The number of carbonyl (C=O) groups is 2. The smallest absolute Gasteiger partial charge is 0.251 e. The summed E-state index contributed by atoms with van der Waals surface area (Å²) in [7, 11) is 0. The molecule has 78 valence electrons. The molecule has 0 radical (unpaired) electrons. The van der Waals surface area contributed by atoms with Crippen LogP contribution in [0.3, 0.4) is 0 Å². The van der Waals surface area contributed by atoms with Crippen LogP contribution in [-0.4, -0.2) is 30.8 Å². The molecule has 0 aromatic heterocycles. The number of hydrogen-bond donors (Lipinski definition) is 2. The first-order valence-electron chi connectivity index (χ1n) is 4.87. The van der Waals surface area contributed by atoms with Crippen molar-refractivity contribution < 1.29 is 9.59 Å². The van der Waals surface area contributed by atoms with Gasteiger partial charge < -0.3 is 10.6 Å². The van der Waals surface area contributed by atoms with Gasteiger partial charge in [-0.2, -0.15) is 0 Å². The fourth-order valence-electron chi connectivity index (χ4n) is 1.54. The summed E-state index contributed by atoms with van der Waals surface area (Å²) in [5, 5.41) is 5.61. The van der Waals surface area contributed by atoms with Gasteiger partial charge in [-0.25, -0.2) is 0 Å². The minimum atomic E-state index is -0.377. The van der Waals surface area contributed by atoms with E-state index in [0.29, 0.717) is 18.7 Å². The van der Waals surface area contributed by atoms with Crippen LogP contribution in [0.1, 0.15) is 10.4 Å². The molecule has 1 aliphatic heterocycles. The second-order valence-corrected chi connectivity index (χ2v) is 3.49. The molecule has 0 aliphatic carbocycles.